The molecule has 84 valence electrons. The van der Waals surface area contributed by atoms with Gasteiger partial charge in [-0.15, -0.1) is 0 Å². The van der Waals surface area contributed by atoms with Gasteiger partial charge >= 0.3 is 6.01 Å². The van der Waals surface area contributed by atoms with Crippen LogP contribution in [0, 0.1) is 6.92 Å². The smallest absolute Gasteiger partial charge is 0.322 e. The van der Waals surface area contributed by atoms with Gasteiger partial charge in [-0.2, -0.15) is 9.78 Å². The number of oxazole rings is 1. The summed E-state index contributed by atoms with van der Waals surface area (Å²) in [4.78, 5) is 4.05. The first-order chi connectivity index (χ1) is 7.77. The van der Waals surface area contributed by atoms with E-state index in [0.717, 1.165) is 17.0 Å². The third kappa shape index (κ3) is 1.27. The summed E-state index contributed by atoms with van der Waals surface area (Å²) in [7, 11) is 0. The van der Waals surface area contributed by atoms with Gasteiger partial charge in [0.15, 0.2) is 0 Å². The molecule has 0 amide bonds. The lowest BCUT2D eigenvalue weighted by atomic mass is 10.0. The van der Waals surface area contributed by atoms with E-state index < -0.39 is 6.10 Å². The monoisotopic (exact) mass is 220 g/mol. The number of fused-ring (bicyclic) bond motifs is 1. The Morgan fingerprint density at radius 2 is 2.50 bits per heavy atom. The lowest BCUT2D eigenvalue weighted by Crippen LogP contribution is -2.27. The molecule has 0 aliphatic carbocycles. The van der Waals surface area contributed by atoms with E-state index in [4.69, 9.17) is 4.42 Å². The van der Waals surface area contributed by atoms with Crippen molar-refractivity contribution >= 4 is 0 Å². The molecule has 6 nitrogen and oxygen atoms in total. The molecule has 1 unspecified atom stereocenters. The Balaban J connectivity index is 2.15. The summed E-state index contributed by atoms with van der Waals surface area (Å²) in [5, 5.41) is 17.4. The first-order valence-corrected chi connectivity index (χ1v) is 5.14. The van der Waals surface area contributed by atoms with Crippen LogP contribution in [-0.4, -0.2) is 26.4 Å². The summed E-state index contributed by atoms with van der Waals surface area (Å²) < 4.78 is 6.83. The molecule has 0 spiro atoms. The number of hydrogen-bond acceptors (Lipinski definition) is 5. The summed E-state index contributed by atoms with van der Waals surface area (Å²) in [6.07, 6.45) is 2.57. The molecule has 0 saturated carbocycles. The van der Waals surface area contributed by atoms with Gasteiger partial charge in [-0.05, 0) is 6.92 Å². The predicted molar refractivity (Wildman–Crippen MR) is 55.0 cm³/mol. The maximum Gasteiger partial charge on any atom is 0.322 e. The molecule has 2 aromatic heterocycles. The summed E-state index contributed by atoms with van der Waals surface area (Å²) in [5.74, 6) is 0. The summed E-state index contributed by atoms with van der Waals surface area (Å²) in [5.41, 5.74) is 2.62. The number of β-amino-alcohol motifs (C(OH)–C–C–N with tert-alkyl or cyclic N) is 1. The highest BCUT2D eigenvalue weighted by atomic mass is 16.4. The fourth-order valence-corrected chi connectivity index (χ4v) is 2.07. The first kappa shape index (κ1) is 9.56. The third-order valence-corrected chi connectivity index (χ3v) is 2.80. The molecule has 2 aromatic rings. The van der Waals surface area contributed by atoms with E-state index in [2.05, 4.69) is 15.4 Å². The molecule has 3 rings (SSSR count). The highest BCUT2D eigenvalue weighted by molar-refractivity contribution is 5.33. The molecule has 16 heavy (non-hydrogen) atoms. The van der Waals surface area contributed by atoms with Crippen LogP contribution in [-0.2, 0) is 6.54 Å². The fraction of sp³-hybridized carbons (Fsp3) is 0.400. The zero-order chi connectivity index (χ0) is 11.1. The summed E-state index contributed by atoms with van der Waals surface area (Å²) >= 11 is 0. The van der Waals surface area contributed by atoms with Gasteiger partial charge in [0.05, 0.1) is 23.7 Å². The normalized spacial score (nSPS) is 19.8. The van der Waals surface area contributed by atoms with Crippen LogP contribution in [0.1, 0.15) is 23.1 Å². The van der Waals surface area contributed by atoms with Crippen LogP contribution in [0.2, 0.25) is 0 Å². The fourth-order valence-electron chi connectivity index (χ4n) is 2.07. The van der Waals surface area contributed by atoms with Gasteiger partial charge in [-0.3, -0.25) is 0 Å². The zero-order valence-corrected chi connectivity index (χ0v) is 8.84. The van der Waals surface area contributed by atoms with Crippen molar-refractivity contribution in [1.29, 1.82) is 0 Å². The molecule has 0 radical (unpaired) electrons. The minimum atomic E-state index is -0.507. The number of nitrogens with one attached hydrogen (secondary N) is 1. The van der Waals surface area contributed by atoms with Gasteiger partial charge in [0.1, 0.15) is 6.26 Å². The van der Waals surface area contributed by atoms with E-state index in [-0.39, 0.29) is 0 Å². The van der Waals surface area contributed by atoms with Crippen molar-refractivity contribution in [3.8, 4) is 6.01 Å². The Morgan fingerprint density at radius 1 is 1.62 bits per heavy atom. The molecule has 0 saturated heterocycles. The maximum atomic E-state index is 9.89. The molecule has 0 aromatic carbocycles. The van der Waals surface area contributed by atoms with E-state index in [9.17, 15) is 5.11 Å². The minimum Gasteiger partial charge on any atom is -0.431 e. The average molecular weight is 220 g/mol. The molecule has 1 aliphatic heterocycles. The largest absolute Gasteiger partial charge is 0.431 e. The van der Waals surface area contributed by atoms with Crippen molar-refractivity contribution in [2.45, 2.75) is 19.6 Å². The highest BCUT2D eigenvalue weighted by Crippen LogP contribution is 2.26. The SMILES string of the molecule is Cc1c2c(nn1-c1ncco1)CNCC2O. The van der Waals surface area contributed by atoms with Crippen molar-refractivity contribution in [3.63, 3.8) is 0 Å². The van der Waals surface area contributed by atoms with E-state index in [1.165, 1.54) is 6.26 Å². The van der Waals surface area contributed by atoms with Crippen molar-refractivity contribution < 1.29 is 9.52 Å². The van der Waals surface area contributed by atoms with E-state index >= 15 is 0 Å². The molecule has 2 N–H and O–H groups in total. The van der Waals surface area contributed by atoms with Crippen LogP contribution in [0.15, 0.2) is 16.9 Å². The van der Waals surface area contributed by atoms with Gasteiger partial charge in [0, 0.05) is 18.7 Å². The van der Waals surface area contributed by atoms with E-state index in [1.807, 2.05) is 6.92 Å². The standard InChI is InChI=1S/C10H12N4O2/c1-6-9-7(4-11-5-8(9)15)13-14(6)10-12-2-3-16-10/h2-3,8,11,15H,4-5H2,1H3. The molecule has 3 heterocycles. The Bertz CT molecular complexity index is 503. The van der Waals surface area contributed by atoms with E-state index in [1.54, 1.807) is 10.9 Å². The molecule has 1 atom stereocenters. The van der Waals surface area contributed by atoms with Crippen molar-refractivity contribution in [2.75, 3.05) is 6.54 Å². The molecular formula is C10H12N4O2. The summed E-state index contributed by atoms with van der Waals surface area (Å²) in [6.45, 7) is 3.14. The maximum absolute atomic E-state index is 9.89. The zero-order valence-electron chi connectivity index (χ0n) is 8.84. The second-order valence-corrected chi connectivity index (χ2v) is 3.82. The average Bonchev–Trinajstić information content (AvgIpc) is 2.86. The third-order valence-electron chi connectivity index (χ3n) is 2.80. The molecule has 1 aliphatic rings. The topological polar surface area (TPSA) is 76.1 Å². The minimum absolute atomic E-state index is 0.430. The second-order valence-electron chi connectivity index (χ2n) is 3.82. The molecular weight excluding hydrogens is 208 g/mol. The van der Waals surface area contributed by atoms with Gasteiger partial charge < -0.3 is 14.8 Å². The van der Waals surface area contributed by atoms with Crippen molar-refractivity contribution in [1.82, 2.24) is 20.1 Å². The molecule has 6 heteroatoms. The summed E-state index contributed by atoms with van der Waals surface area (Å²) in [6, 6.07) is 0.430. The van der Waals surface area contributed by atoms with Crippen LogP contribution >= 0.6 is 0 Å². The first-order valence-electron chi connectivity index (χ1n) is 5.14. The number of hydrogen-bond donors (Lipinski definition) is 2. The lowest BCUT2D eigenvalue weighted by Gasteiger charge is -2.18. The van der Waals surface area contributed by atoms with Gasteiger partial charge in [-0.1, -0.05) is 0 Å². The second kappa shape index (κ2) is 3.43. The van der Waals surface area contributed by atoms with Crippen LogP contribution < -0.4 is 5.32 Å². The number of aliphatic hydroxyl groups excluding tert-OH is 1. The molecule has 0 bridgehead atoms. The van der Waals surface area contributed by atoms with Crippen LogP contribution in [0.5, 0.6) is 0 Å². The predicted octanol–water partition coefficient (Wildman–Crippen LogP) is 0.305. The quantitative estimate of drug-likeness (QED) is 0.723. The Morgan fingerprint density at radius 3 is 3.19 bits per heavy atom. The Hall–Kier alpha value is -1.66. The number of nitrogens with zero attached hydrogens (tertiary/aromatic N) is 3. The van der Waals surface area contributed by atoms with Gasteiger partial charge in [0.2, 0.25) is 0 Å². The van der Waals surface area contributed by atoms with Gasteiger partial charge in [0.25, 0.3) is 0 Å². The van der Waals surface area contributed by atoms with E-state index in [0.29, 0.717) is 19.1 Å². The Kier molecular flexibility index (Phi) is 2.05. The van der Waals surface area contributed by atoms with Crippen molar-refractivity contribution in [2.24, 2.45) is 0 Å². The number of aliphatic hydroxyl groups is 1. The van der Waals surface area contributed by atoms with Crippen LogP contribution in [0.3, 0.4) is 0 Å². The molecule has 0 fully saturated rings. The van der Waals surface area contributed by atoms with Crippen LogP contribution in [0.25, 0.3) is 6.01 Å². The van der Waals surface area contributed by atoms with Crippen LogP contribution in [0.4, 0.5) is 0 Å². The van der Waals surface area contributed by atoms with Gasteiger partial charge in [-0.25, -0.2) is 4.98 Å². The lowest BCUT2D eigenvalue weighted by molar-refractivity contribution is 0.164. The number of aromatic nitrogens is 3. The highest BCUT2D eigenvalue weighted by Gasteiger charge is 2.26. The Labute approximate surface area is 91.9 Å². The number of rotatable bonds is 1. The van der Waals surface area contributed by atoms with Crippen molar-refractivity contribution in [3.05, 3.63) is 29.4 Å².